The van der Waals surface area contributed by atoms with Gasteiger partial charge in [-0.05, 0) is 29.2 Å². The van der Waals surface area contributed by atoms with Crippen molar-refractivity contribution in [2.24, 2.45) is 0 Å². The van der Waals surface area contributed by atoms with Crippen LogP contribution in [0.3, 0.4) is 0 Å². The lowest BCUT2D eigenvalue weighted by molar-refractivity contribution is -0.114. The van der Waals surface area contributed by atoms with Crippen LogP contribution in [0, 0.1) is 11.6 Å². The van der Waals surface area contributed by atoms with E-state index in [0.29, 0.717) is 0 Å². The first kappa shape index (κ1) is 16.9. The lowest BCUT2D eigenvalue weighted by Crippen LogP contribution is -2.24. The zero-order valence-electron chi connectivity index (χ0n) is 13.4. The molecule has 1 amide bonds. The van der Waals surface area contributed by atoms with E-state index in [1.54, 1.807) is 0 Å². The van der Waals surface area contributed by atoms with Gasteiger partial charge in [0.15, 0.2) is 0 Å². The van der Waals surface area contributed by atoms with Gasteiger partial charge in [0.05, 0.1) is 12.2 Å². The van der Waals surface area contributed by atoms with Crippen molar-refractivity contribution in [1.82, 2.24) is 0 Å². The quantitative estimate of drug-likeness (QED) is 0.882. The van der Waals surface area contributed by atoms with Crippen LogP contribution in [-0.2, 0) is 10.2 Å². The summed E-state index contributed by atoms with van der Waals surface area (Å²) in [6, 6.07) is 10.6. The van der Waals surface area contributed by atoms with Crippen LogP contribution in [0.15, 0.2) is 42.5 Å². The van der Waals surface area contributed by atoms with Gasteiger partial charge in [-0.15, -0.1) is 0 Å². The van der Waals surface area contributed by atoms with E-state index in [4.69, 9.17) is 0 Å². The molecule has 0 saturated carbocycles. The molecule has 2 rings (SSSR count). The molecule has 23 heavy (non-hydrogen) atoms. The third kappa shape index (κ3) is 4.52. The summed E-state index contributed by atoms with van der Waals surface area (Å²) in [5.74, 6) is -1.72. The second-order valence-electron chi connectivity index (χ2n) is 6.32. The van der Waals surface area contributed by atoms with Crippen molar-refractivity contribution in [3.63, 3.8) is 0 Å². The van der Waals surface area contributed by atoms with Gasteiger partial charge >= 0.3 is 0 Å². The third-order valence-electron chi connectivity index (χ3n) is 3.38. The first-order valence-corrected chi connectivity index (χ1v) is 7.35. The molecule has 0 radical (unpaired) electrons. The predicted octanol–water partition coefficient (Wildman–Crippen LogP) is 4.31. The molecule has 0 bridgehead atoms. The van der Waals surface area contributed by atoms with E-state index < -0.39 is 17.5 Å². The molecule has 0 atom stereocenters. The summed E-state index contributed by atoms with van der Waals surface area (Å²) in [5.41, 5.74) is 1.68. The van der Waals surface area contributed by atoms with E-state index in [1.165, 1.54) is 0 Å². The number of carbonyl (C=O) groups is 1. The molecule has 3 nitrogen and oxygen atoms in total. The predicted molar refractivity (Wildman–Crippen MR) is 88.6 cm³/mol. The highest BCUT2D eigenvalue weighted by Crippen LogP contribution is 2.29. The number of carbonyl (C=O) groups excluding carboxylic acids is 1. The van der Waals surface area contributed by atoms with Crippen molar-refractivity contribution in [2.75, 3.05) is 17.2 Å². The topological polar surface area (TPSA) is 41.1 Å². The SMILES string of the molecule is CC(C)(C)c1ccccc1NCC(=O)Nc1cc(F)ccc1F. The van der Waals surface area contributed by atoms with Crippen LogP contribution in [0.25, 0.3) is 0 Å². The van der Waals surface area contributed by atoms with Crippen LogP contribution in [-0.4, -0.2) is 12.5 Å². The van der Waals surface area contributed by atoms with E-state index in [-0.39, 0.29) is 17.6 Å². The number of anilines is 2. The Balaban J connectivity index is 2.04. The van der Waals surface area contributed by atoms with Gasteiger partial charge in [-0.3, -0.25) is 4.79 Å². The molecule has 5 heteroatoms. The van der Waals surface area contributed by atoms with E-state index in [0.717, 1.165) is 29.4 Å². The molecule has 122 valence electrons. The highest BCUT2D eigenvalue weighted by atomic mass is 19.1. The van der Waals surface area contributed by atoms with Crippen molar-refractivity contribution in [2.45, 2.75) is 26.2 Å². The minimum absolute atomic E-state index is 0.0386. The summed E-state index contributed by atoms with van der Waals surface area (Å²) >= 11 is 0. The lowest BCUT2D eigenvalue weighted by atomic mass is 9.86. The van der Waals surface area contributed by atoms with Gasteiger partial charge in [0.1, 0.15) is 11.6 Å². The molecule has 0 fully saturated rings. The van der Waals surface area contributed by atoms with Crippen LogP contribution < -0.4 is 10.6 Å². The maximum atomic E-state index is 13.5. The van der Waals surface area contributed by atoms with Crippen molar-refractivity contribution < 1.29 is 13.6 Å². The Morgan fingerprint density at radius 2 is 1.74 bits per heavy atom. The van der Waals surface area contributed by atoms with Gasteiger partial charge in [-0.25, -0.2) is 8.78 Å². The Morgan fingerprint density at radius 1 is 1.04 bits per heavy atom. The molecule has 0 aliphatic carbocycles. The average Bonchev–Trinajstić information content (AvgIpc) is 2.48. The summed E-state index contributed by atoms with van der Waals surface area (Å²) in [6.07, 6.45) is 0. The maximum Gasteiger partial charge on any atom is 0.243 e. The van der Waals surface area contributed by atoms with Crippen molar-refractivity contribution >= 4 is 17.3 Å². The summed E-state index contributed by atoms with van der Waals surface area (Å²) < 4.78 is 26.6. The number of para-hydroxylation sites is 1. The van der Waals surface area contributed by atoms with Gasteiger partial charge in [0.2, 0.25) is 5.91 Å². The molecule has 0 saturated heterocycles. The fourth-order valence-corrected chi connectivity index (χ4v) is 2.25. The molecule has 0 unspecified atom stereocenters. The average molecular weight is 318 g/mol. The van der Waals surface area contributed by atoms with Crippen LogP contribution in [0.4, 0.5) is 20.2 Å². The Kier molecular flexibility index (Phi) is 4.98. The van der Waals surface area contributed by atoms with Gasteiger partial charge in [-0.1, -0.05) is 39.0 Å². The molecule has 2 aromatic rings. The van der Waals surface area contributed by atoms with Crippen molar-refractivity contribution in [3.05, 3.63) is 59.7 Å². The molecule has 0 heterocycles. The largest absolute Gasteiger partial charge is 0.376 e. The molecule has 0 spiro atoms. The first-order valence-electron chi connectivity index (χ1n) is 7.35. The Hall–Kier alpha value is -2.43. The van der Waals surface area contributed by atoms with Gasteiger partial charge in [0, 0.05) is 11.8 Å². The molecule has 0 aromatic heterocycles. The fourth-order valence-electron chi connectivity index (χ4n) is 2.25. The maximum absolute atomic E-state index is 13.5. The Labute approximate surface area is 134 Å². The third-order valence-corrected chi connectivity index (χ3v) is 3.38. The van der Waals surface area contributed by atoms with Crippen LogP contribution in [0.1, 0.15) is 26.3 Å². The molecule has 0 aliphatic heterocycles. The highest BCUT2D eigenvalue weighted by molar-refractivity contribution is 5.94. The summed E-state index contributed by atoms with van der Waals surface area (Å²) in [5, 5.41) is 5.41. The number of halogens is 2. The number of hydrogen-bond acceptors (Lipinski definition) is 2. The van der Waals surface area contributed by atoms with E-state index in [1.807, 2.05) is 24.3 Å². The van der Waals surface area contributed by atoms with E-state index in [9.17, 15) is 13.6 Å². The minimum atomic E-state index is -0.671. The second-order valence-corrected chi connectivity index (χ2v) is 6.32. The number of amides is 1. The van der Waals surface area contributed by atoms with Crippen LogP contribution in [0.2, 0.25) is 0 Å². The fraction of sp³-hybridized carbons (Fsp3) is 0.278. The highest BCUT2D eigenvalue weighted by Gasteiger charge is 2.17. The van der Waals surface area contributed by atoms with Gasteiger partial charge in [-0.2, -0.15) is 0 Å². The van der Waals surface area contributed by atoms with Crippen LogP contribution >= 0.6 is 0 Å². The molecule has 2 aromatic carbocycles. The standard InChI is InChI=1S/C18H20F2N2O/c1-18(2,3)13-6-4-5-7-15(13)21-11-17(23)22-16-10-12(19)8-9-14(16)20/h4-10,21H,11H2,1-3H3,(H,22,23). The number of nitrogens with one attached hydrogen (secondary N) is 2. The Morgan fingerprint density at radius 3 is 2.43 bits per heavy atom. The number of rotatable bonds is 4. The molecular weight excluding hydrogens is 298 g/mol. The minimum Gasteiger partial charge on any atom is -0.376 e. The molecular formula is C18H20F2N2O. The number of benzene rings is 2. The van der Waals surface area contributed by atoms with E-state index in [2.05, 4.69) is 31.4 Å². The van der Waals surface area contributed by atoms with Gasteiger partial charge < -0.3 is 10.6 Å². The van der Waals surface area contributed by atoms with Crippen molar-refractivity contribution in [3.8, 4) is 0 Å². The smallest absolute Gasteiger partial charge is 0.243 e. The zero-order chi connectivity index (χ0) is 17.0. The van der Waals surface area contributed by atoms with Crippen molar-refractivity contribution in [1.29, 1.82) is 0 Å². The monoisotopic (exact) mass is 318 g/mol. The van der Waals surface area contributed by atoms with Gasteiger partial charge in [0.25, 0.3) is 0 Å². The Bertz CT molecular complexity index is 708. The summed E-state index contributed by atoms with van der Waals surface area (Å²) in [7, 11) is 0. The lowest BCUT2D eigenvalue weighted by Gasteiger charge is -2.23. The summed E-state index contributed by atoms with van der Waals surface area (Å²) in [4.78, 5) is 11.9. The molecule has 0 aliphatic rings. The normalized spacial score (nSPS) is 11.2. The zero-order valence-corrected chi connectivity index (χ0v) is 13.4. The first-order chi connectivity index (χ1) is 10.8. The molecule has 2 N–H and O–H groups in total. The van der Waals surface area contributed by atoms with E-state index >= 15 is 0 Å². The van der Waals surface area contributed by atoms with Crippen LogP contribution in [0.5, 0.6) is 0 Å². The number of hydrogen-bond donors (Lipinski definition) is 2. The summed E-state index contributed by atoms with van der Waals surface area (Å²) in [6.45, 7) is 6.20. The second kappa shape index (κ2) is 6.77.